The van der Waals surface area contributed by atoms with Crippen LogP contribution in [0.4, 0.5) is 0 Å². The van der Waals surface area contributed by atoms with Gasteiger partial charge in [0.15, 0.2) is 0 Å². The Morgan fingerprint density at radius 1 is 1.67 bits per heavy atom. The van der Waals surface area contributed by atoms with Crippen LogP contribution in [0.5, 0.6) is 0 Å². The first kappa shape index (κ1) is 8.37. The van der Waals surface area contributed by atoms with Gasteiger partial charge in [-0.25, -0.2) is 0 Å². The predicted octanol–water partition coefficient (Wildman–Crippen LogP) is 1.36. The van der Waals surface area contributed by atoms with Gasteiger partial charge in [0, 0.05) is 0 Å². The molecule has 1 N–H and O–H groups in total. The van der Waals surface area contributed by atoms with Gasteiger partial charge in [0.25, 0.3) is 0 Å². The summed E-state index contributed by atoms with van der Waals surface area (Å²) in [6.45, 7) is 8.50. The number of aliphatic imine (C=N–C) groups is 1. The Morgan fingerprint density at radius 2 is 2.11 bits per heavy atom. The van der Waals surface area contributed by atoms with Crippen molar-refractivity contribution in [3.63, 3.8) is 0 Å². The topological polar surface area (TPSA) is 32.6 Å². The third-order valence-corrected chi connectivity index (χ3v) is 1.07. The molecule has 0 saturated heterocycles. The number of allylic oxidation sites excluding steroid dienone is 1. The van der Waals surface area contributed by atoms with E-state index >= 15 is 0 Å². The zero-order valence-electron chi connectivity index (χ0n) is 6.18. The molecule has 0 atom stereocenters. The van der Waals surface area contributed by atoms with E-state index in [1.54, 1.807) is 19.9 Å². The molecular formula is C7H13NO. The van der Waals surface area contributed by atoms with Crippen LogP contribution in [-0.2, 0) is 0 Å². The van der Waals surface area contributed by atoms with Gasteiger partial charge in [-0.3, -0.25) is 4.99 Å². The zero-order chi connectivity index (χ0) is 7.49. The van der Waals surface area contributed by atoms with E-state index in [-0.39, 0.29) is 0 Å². The van der Waals surface area contributed by atoms with Crippen LogP contribution in [0.3, 0.4) is 0 Å². The van der Waals surface area contributed by atoms with E-state index in [1.165, 1.54) is 0 Å². The Morgan fingerprint density at radius 3 is 2.11 bits per heavy atom. The van der Waals surface area contributed by atoms with Gasteiger partial charge >= 0.3 is 0 Å². The van der Waals surface area contributed by atoms with Gasteiger partial charge in [-0.2, -0.15) is 0 Å². The van der Waals surface area contributed by atoms with E-state index in [1.807, 2.05) is 6.92 Å². The van der Waals surface area contributed by atoms with Crippen LogP contribution in [0, 0.1) is 0 Å². The highest BCUT2D eigenvalue weighted by atomic mass is 16.3. The van der Waals surface area contributed by atoms with Crippen LogP contribution in [0.25, 0.3) is 0 Å². The Kier molecular flexibility index (Phi) is 2.59. The van der Waals surface area contributed by atoms with Crippen molar-refractivity contribution in [2.75, 3.05) is 0 Å². The highest BCUT2D eigenvalue weighted by Gasteiger charge is 2.16. The highest BCUT2D eigenvalue weighted by molar-refractivity contribution is 5.31. The van der Waals surface area contributed by atoms with Crippen molar-refractivity contribution in [3.05, 3.63) is 11.8 Å². The van der Waals surface area contributed by atoms with Crippen molar-refractivity contribution in [2.24, 2.45) is 4.99 Å². The molecule has 0 aliphatic carbocycles. The third-order valence-electron chi connectivity index (χ3n) is 1.07. The molecule has 0 aliphatic heterocycles. The molecule has 52 valence electrons. The quantitative estimate of drug-likeness (QED) is 0.558. The standard InChI is InChI=1S/C7H13NO/c1-5-6(8-4)7(2,3)9/h5,9H,4H2,1-3H3. The molecule has 0 aromatic heterocycles. The minimum Gasteiger partial charge on any atom is -0.384 e. The maximum atomic E-state index is 9.28. The molecule has 0 saturated carbocycles. The Hall–Kier alpha value is -0.630. The summed E-state index contributed by atoms with van der Waals surface area (Å²) in [4.78, 5) is 3.64. The van der Waals surface area contributed by atoms with Gasteiger partial charge in [0.2, 0.25) is 0 Å². The number of hydrogen-bond donors (Lipinski definition) is 1. The minimum absolute atomic E-state index is 0.613. The summed E-state index contributed by atoms with van der Waals surface area (Å²) < 4.78 is 0. The minimum atomic E-state index is -0.851. The van der Waals surface area contributed by atoms with Crippen molar-refractivity contribution in [1.29, 1.82) is 0 Å². The highest BCUT2D eigenvalue weighted by Crippen LogP contribution is 2.14. The van der Waals surface area contributed by atoms with Gasteiger partial charge in [-0.05, 0) is 27.5 Å². The zero-order valence-corrected chi connectivity index (χ0v) is 6.18. The predicted molar refractivity (Wildman–Crippen MR) is 39.6 cm³/mol. The lowest BCUT2D eigenvalue weighted by Crippen LogP contribution is -2.20. The number of aliphatic hydroxyl groups is 1. The van der Waals surface area contributed by atoms with Crippen LogP contribution in [-0.4, -0.2) is 17.4 Å². The fourth-order valence-corrected chi connectivity index (χ4v) is 0.638. The molecule has 2 heteroatoms. The van der Waals surface area contributed by atoms with Gasteiger partial charge in [-0.1, -0.05) is 6.08 Å². The van der Waals surface area contributed by atoms with Crippen LogP contribution >= 0.6 is 0 Å². The first-order chi connectivity index (χ1) is 4.02. The molecule has 2 nitrogen and oxygen atoms in total. The first-order valence-corrected chi connectivity index (χ1v) is 2.88. The van der Waals surface area contributed by atoms with E-state index in [0.29, 0.717) is 5.70 Å². The largest absolute Gasteiger partial charge is 0.384 e. The average Bonchev–Trinajstić information content (AvgIpc) is 1.65. The Bertz CT molecular complexity index is 130. The molecule has 0 radical (unpaired) electrons. The van der Waals surface area contributed by atoms with Crippen LogP contribution in [0.15, 0.2) is 16.8 Å². The molecule has 0 rings (SSSR count). The molecular weight excluding hydrogens is 114 g/mol. The lowest BCUT2D eigenvalue weighted by molar-refractivity contribution is 0.118. The molecule has 0 aromatic rings. The van der Waals surface area contributed by atoms with Crippen LogP contribution in [0.1, 0.15) is 20.8 Å². The summed E-state index contributed by atoms with van der Waals surface area (Å²) in [5.74, 6) is 0. The normalized spacial score (nSPS) is 13.6. The van der Waals surface area contributed by atoms with Crippen molar-refractivity contribution >= 4 is 6.72 Å². The van der Waals surface area contributed by atoms with E-state index < -0.39 is 5.60 Å². The maximum absolute atomic E-state index is 9.28. The summed E-state index contributed by atoms with van der Waals surface area (Å²) in [6, 6.07) is 0. The van der Waals surface area contributed by atoms with E-state index in [0.717, 1.165) is 0 Å². The van der Waals surface area contributed by atoms with Gasteiger partial charge < -0.3 is 5.11 Å². The smallest absolute Gasteiger partial charge is 0.101 e. The van der Waals surface area contributed by atoms with Crippen molar-refractivity contribution < 1.29 is 5.11 Å². The molecule has 0 aliphatic rings. The molecule has 0 heterocycles. The lowest BCUT2D eigenvalue weighted by atomic mass is 10.1. The summed E-state index contributed by atoms with van der Waals surface area (Å²) in [5, 5.41) is 9.28. The summed E-state index contributed by atoms with van der Waals surface area (Å²) in [7, 11) is 0. The third kappa shape index (κ3) is 2.42. The van der Waals surface area contributed by atoms with Crippen molar-refractivity contribution in [1.82, 2.24) is 0 Å². The number of rotatable bonds is 2. The van der Waals surface area contributed by atoms with E-state index in [9.17, 15) is 5.11 Å². The SMILES string of the molecule is C=NC(=CC)C(C)(C)O. The van der Waals surface area contributed by atoms with Crippen LogP contribution in [0.2, 0.25) is 0 Å². The summed E-state index contributed by atoms with van der Waals surface area (Å²) in [5.41, 5.74) is -0.237. The average molecular weight is 127 g/mol. The van der Waals surface area contributed by atoms with Crippen molar-refractivity contribution in [2.45, 2.75) is 26.4 Å². The fourth-order valence-electron chi connectivity index (χ4n) is 0.638. The fraction of sp³-hybridized carbons (Fsp3) is 0.571. The van der Waals surface area contributed by atoms with Gasteiger partial charge in [0.05, 0.1) is 5.70 Å². The summed E-state index contributed by atoms with van der Waals surface area (Å²) in [6.07, 6.45) is 1.74. The molecule has 0 bridgehead atoms. The maximum Gasteiger partial charge on any atom is 0.101 e. The molecule has 0 fully saturated rings. The lowest BCUT2D eigenvalue weighted by Gasteiger charge is -2.16. The monoisotopic (exact) mass is 127 g/mol. The van der Waals surface area contributed by atoms with Crippen LogP contribution < -0.4 is 0 Å². The molecule has 9 heavy (non-hydrogen) atoms. The van der Waals surface area contributed by atoms with E-state index in [4.69, 9.17) is 0 Å². The molecule has 0 amide bonds. The van der Waals surface area contributed by atoms with Crippen molar-refractivity contribution in [3.8, 4) is 0 Å². The second kappa shape index (κ2) is 2.78. The van der Waals surface area contributed by atoms with Gasteiger partial charge in [0.1, 0.15) is 5.60 Å². The Labute approximate surface area is 55.9 Å². The molecule has 0 spiro atoms. The first-order valence-electron chi connectivity index (χ1n) is 2.88. The number of hydrogen-bond acceptors (Lipinski definition) is 2. The second-order valence-electron chi connectivity index (χ2n) is 2.39. The second-order valence-corrected chi connectivity index (χ2v) is 2.39. The molecule has 0 unspecified atom stereocenters. The summed E-state index contributed by atoms with van der Waals surface area (Å²) >= 11 is 0. The Balaban J connectivity index is 4.32. The van der Waals surface area contributed by atoms with Gasteiger partial charge in [-0.15, -0.1) is 0 Å². The van der Waals surface area contributed by atoms with E-state index in [2.05, 4.69) is 11.7 Å². The molecule has 0 aromatic carbocycles. The number of nitrogens with zero attached hydrogens (tertiary/aromatic N) is 1.